The molecule has 2 atom stereocenters. The van der Waals surface area contributed by atoms with Crippen LogP contribution in [0, 0.1) is 0 Å². The Morgan fingerprint density at radius 1 is 1.19 bits per heavy atom. The first-order valence-electron chi connectivity index (χ1n) is 8.83. The summed E-state index contributed by atoms with van der Waals surface area (Å²) in [5.74, 6) is -0.0525. The van der Waals surface area contributed by atoms with Crippen molar-refractivity contribution in [2.24, 2.45) is 9.98 Å². The molecule has 6 nitrogen and oxygen atoms in total. The van der Waals surface area contributed by atoms with E-state index in [-0.39, 0.29) is 18.1 Å². The number of aliphatic imine (C=N–C) groups is 2. The Labute approximate surface area is 153 Å². The molecule has 0 radical (unpaired) electrons. The Balaban J connectivity index is 1.73. The topological polar surface area (TPSA) is 60.3 Å². The van der Waals surface area contributed by atoms with Gasteiger partial charge in [-0.3, -0.25) is 14.8 Å². The zero-order chi connectivity index (χ0) is 18.3. The van der Waals surface area contributed by atoms with Crippen LogP contribution >= 0.6 is 0 Å². The molecule has 1 N–H and O–H groups in total. The molecule has 3 aliphatic heterocycles. The van der Waals surface area contributed by atoms with Crippen LogP contribution in [0.15, 0.2) is 68.4 Å². The molecule has 0 saturated carbocycles. The maximum atomic E-state index is 12.9. The molecule has 26 heavy (non-hydrogen) atoms. The van der Waals surface area contributed by atoms with Crippen LogP contribution in [-0.2, 0) is 4.79 Å². The molecular weight excluding hydrogens is 326 g/mol. The van der Waals surface area contributed by atoms with E-state index in [1.54, 1.807) is 6.21 Å². The van der Waals surface area contributed by atoms with Gasteiger partial charge in [0.05, 0.1) is 5.70 Å². The average molecular weight is 349 g/mol. The summed E-state index contributed by atoms with van der Waals surface area (Å²) in [4.78, 5) is 26.3. The van der Waals surface area contributed by atoms with Crippen molar-refractivity contribution < 1.29 is 4.79 Å². The van der Waals surface area contributed by atoms with Gasteiger partial charge in [0.25, 0.3) is 0 Å². The zero-order valence-electron chi connectivity index (χ0n) is 15.3. The number of carbonyl (C=O) groups is 1. The second-order valence-electron chi connectivity index (χ2n) is 7.03. The molecule has 1 amide bonds. The lowest BCUT2D eigenvalue weighted by Gasteiger charge is -2.30. The molecule has 0 bridgehead atoms. The van der Waals surface area contributed by atoms with Crippen molar-refractivity contribution in [1.82, 2.24) is 15.1 Å². The summed E-state index contributed by atoms with van der Waals surface area (Å²) < 4.78 is 0. The largest absolute Gasteiger partial charge is 0.351 e. The Morgan fingerprint density at radius 3 is 2.69 bits per heavy atom. The van der Waals surface area contributed by atoms with Gasteiger partial charge in [0.1, 0.15) is 12.2 Å². The Morgan fingerprint density at radius 2 is 1.92 bits per heavy atom. The smallest absolute Gasteiger partial charge is 0.249 e. The molecule has 4 aliphatic rings. The molecule has 2 unspecified atom stereocenters. The highest BCUT2D eigenvalue weighted by atomic mass is 16.1. The number of fused-ring (bicyclic) bond motifs is 3. The molecule has 0 aromatic rings. The van der Waals surface area contributed by atoms with E-state index in [0.29, 0.717) is 12.1 Å². The number of allylic oxidation sites excluding steroid dienone is 3. The maximum Gasteiger partial charge on any atom is 0.249 e. The highest BCUT2D eigenvalue weighted by Gasteiger charge is 2.40. The second kappa shape index (κ2) is 6.53. The summed E-state index contributed by atoms with van der Waals surface area (Å²) >= 11 is 0. The highest BCUT2D eigenvalue weighted by Crippen LogP contribution is 2.43. The lowest BCUT2D eigenvalue weighted by molar-refractivity contribution is -0.117. The van der Waals surface area contributed by atoms with Crippen LogP contribution in [0.4, 0.5) is 0 Å². The summed E-state index contributed by atoms with van der Waals surface area (Å²) in [6, 6.07) is -0.255. The number of carbonyl (C=O) groups excluding carboxylic acids is 1. The summed E-state index contributed by atoms with van der Waals surface area (Å²) in [6.45, 7) is 1.41. The molecule has 6 heteroatoms. The molecule has 4 rings (SSSR count). The van der Waals surface area contributed by atoms with E-state index in [4.69, 9.17) is 0 Å². The first-order chi connectivity index (χ1) is 12.6. The Hall–Kier alpha value is -2.73. The number of hydrogen-bond acceptors (Lipinski definition) is 5. The second-order valence-corrected chi connectivity index (χ2v) is 7.03. The maximum absolute atomic E-state index is 12.9. The van der Waals surface area contributed by atoms with Gasteiger partial charge in [-0.2, -0.15) is 0 Å². The van der Waals surface area contributed by atoms with Crippen LogP contribution in [0.2, 0.25) is 0 Å². The Kier molecular flexibility index (Phi) is 4.20. The number of rotatable bonds is 4. The van der Waals surface area contributed by atoms with E-state index in [1.807, 2.05) is 43.4 Å². The van der Waals surface area contributed by atoms with Gasteiger partial charge in [0, 0.05) is 54.9 Å². The van der Waals surface area contributed by atoms with Gasteiger partial charge in [-0.25, -0.2) is 0 Å². The predicted octanol–water partition coefficient (Wildman–Crippen LogP) is 1.08. The number of amides is 1. The van der Waals surface area contributed by atoms with Crippen LogP contribution in [-0.4, -0.2) is 74.6 Å². The number of dihydropyridines is 2. The normalized spacial score (nSPS) is 25.5. The quantitative estimate of drug-likeness (QED) is 0.826. The summed E-state index contributed by atoms with van der Waals surface area (Å²) in [5, 5.41) is 3.03. The fourth-order valence-electron chi connectivity index (χ4n) is 3.77. The lowest BCUT2D eigenvalue weighted by Crippen LogP contribution is -2.37. The van der Waals surface area contributed by atoms with Gasteiger partial charge in [0.15, 0.2) is 0 Å². The monoisotopic (exact) mass is 349 g/mol. The Bertz CT molecular complexity index is 853. The summed E-state index contributed by atoms with van der Waals surface area (Å²) in [6.07, 6.45) is 13.6. The standard InChI is InChI=1S/C20H23N5O/c1-24(2)11-10-23-20(26)16-12-15-13-6-4-9-22-19(13)25(3)18(15)14-7-5-8-21-17(14)16/h4-9,12,17,19H,10-11H2,1-3H3,(H,23,26). The average Bonchev–Trinajstić information content (AvgIpc) is 2.94. The lowest BCUT2D eigenvalue weighted by atomic mass is 9.85. The van der Waals surface area contributed by atoms with E-state index in [2.05, 4.69) is 39.4 Å². The molecule has 0 fully saturated rings. The van der Waals surface area contributed by atoms with E-state index >= 15 is 0 Å². The fourth-order valence-corrected chi connectivity index (χ4v) is 3.77. The third-order valence-corrected chi connectivity index (χ3v) is 5.02. The highest BCUT2D eigenvalue weighted by molar-refractivity contribution is 5.98. The minimum Gasteiger partial charge on any atom is -0.351 e. The van der Waals surface area contributed by atoms with Gasteiger partial charge in [0.2, 0.25) is 5.91 Å². The van der Waals surface area contributed by atoms with Crippen LogP contribution in [0.25, 0.3) is 0 Å². The molecule has 0 saturated heterocycles. The number of nitrogens with one attached hydrogen (secondary N) is 1. The third-order valence-electron chi connectivity index (χ3n) is 5.02. The predicted molar refractivity (Wildman–Crippen MR) is 104 cm³/mol. The number of hydrogen-bond donors (Lipinski definition) is 1. The van der Waals surface area contributed by atoms with Gasteiger partial charge in [-0.15, -0.1) is 0 Å². The minimum absolute atomic E-state index is 0.0233. The van der Waals surface area contributed by atoms with Gasteiger partial charge in [-0.05, 0) is 32.3 Å². The van der Waals surface area contributed by atoms with Gasteiger partial charge < -0.3 is 15.1 Å². The van der Waals surface area contributed by atoms with Crippen molar-refractivity contribution in [2.45, 2.75) is 12.2 Å². The molecule has 134 valence electrons. The van der Waals surface area contributed by atoms with Crippen molar-refractivity contribution in [3.8, 4) is 0 Å². The number of likely N-dealkylation sites (N-methyl/N-ethyl adjacent to an activating group) is 2. The molecule has 0 aromatic heterocycles. The van der Waals surface area contributed by atoms with Crippen LogP contribution in [0.1, 0.15) is 0 Å². The molecule has 0 spiro atoms. The van der Waals surface area contributed by atoms with Crippen molar-refractivity contribution in [3.63, 3.8) is 0 Å². The zero-order valence-corrected chi connectivity index (χ0v) is 15.3. The van der Waals surface area contributed by atoms with Gasteiger partial charge >= 0.3 is 0 Å². The van der Waals surface area contributed by atoms with Gasteiger partial charge in [-0.1, -0.05) is 12.2 Å². The SMILES string of the molecule is CN(C)CCNC(=O)C1=CC2=C3C=CC=NC3N(C)C2=C2C=CC=NC12. The van der Waals surface area contributed by atoms with Crippen molar-refractivity contribution in [1.29, 1.82) is 0 Å². The molecule has 3 heterocycles. The molecular formula is C20H23N5O. The van der Waals surface area contributed by atoms with E-state index < -0.39 is 0 Å². The molecule has 1 aliphatic carbocycles. The summed E-state index contributed by atoms with van der Waals surface area (Å²) in [7, 11) is 6.04. The van der Waals surface area contributed by atoms with E-state index in [9.17, 15) is 4.79 Å². The van der Waals surface area contributed by atoms with Crippen molar-refractivity contribution in [3.05, 3.63) is 58.4 Å². The summed E-state index contributed by atoms with van der Waals surface area (Å²) in [5.41, 5.74) is 5.10. The first kappa shape index (κ1) is 16.7. The minimum atomic E-state index is -0.255. The van der Waals surface area contributed by atoms with E-state index in [0.717, 1.165) is 29.0 Å². The number of nitrogens with zero attached hydrogens (tertiary/aromatic N) is 4. The van der Waals surface area contributed by atoms with E-state index in [1.165, 1.54) is 0 Å². The van der Waals surface area contributed by atoms with Crippen LogP contribution < -0.4 is 5.32 Å². The van der Waals surface area contributed by atoms with Crippen LogP contribution in [0.3, 0.4) is 0 Å². The third kappa shape index (κ3) is 2.66. The molecule has 0 aromatic carbocycles. The first-order valence-corrected chi connectivity index (χ1v) is 8.83. The van der Waals surface area contributed by atoms with Crippen molar-refractivity contribution >= 4 is 18.3 Å². The fraction of sp³-hybridized carbons (Fsp3) is 0.350. The van der Waals surface area contributed by atoms with Crippen LogP contribution in [0.5, 0.6) is 0 Å². The van der Waals surface area contributed by atoms with Crippen molar-refractivity contribution in [2.75, 3.05) is 34.2 Å².